The largest absolute Gasteiger partial charge is 0.360 e. The quantitative estimate of drug-likeness (QED) is 0.218. The second-order valence-corrected chi connectivity index (χ2v) is 7.88. The van der Waals surface area contributed by atoms with E-state index in [2.05, 4.69) is 55.3 Å². The topological polar surface area (TPSA) is 79.3 Å². The van der Waals surface area contributed by atoms with Crippen LogP contribution in [-0.4, -0.2) is 83.8 Å². The Balaban J connectivity index is 2.24. The van der Waals surface area contributed by atoms with Gasteiger partial charge >= 0.3 is 0 Å². The van der Waals surface area contributed by atoms with Gasteiger partial charge in [-0.25, -0.2) is 0 Å². The van der Waals surface area contributed by atoms with Crippen molar-refractivity contribution in [1.82, 2.24) is 31.3 Å². The van der Waals surface area contributed by atoms with Gasteiger partial charge in [-0.05, 0) is 77.3 Å². The van der Waals surface area contributed by atoms with Crippen molar-refractivity contribution in [3.63, 3.8) is 0 Å². The zero-order valence-electron chi connectivity index (χ0n) is 18.4. The fourth-order valence-corrected chi connectivity index (χ4v) is 3.18. The van der Waals surface area contributed by atoms with E-state index in [4.69, 9.17) is 24.4 Å². The molecule has 29 heavy (non-hydrogen) atoms. The lowest BCUT2D eigenvalue weighted by Gasteiger charge is -2.26. The predicted molar refractivity (Wildman–Crippen MR) is 132 cm³/mol. The molecule has 0 bridgehead atoms. The Hall–Kier alpha value is -1.36. The van der Waals surface area contributed by atoms with Gasteiger partial charge in [0.05, 0.1) is 11.4 Å². The number of rotatable bonds is 11. The molecule has 0 atom stereocenters. The molecule has 8 nitrogen and oxygen atoms in total. The van der Waals surface area contributed by atoms with Gasteiger partial charge in [-0.2, -0.15) is 10.2 Å². The molecule has 1 aliphatic heterocycles. The Morgan fingerprint density at radius 2 is 1.38 bits per heavy atom. The normalized spacial score (nSPS) is 15.9. The maximum absolute atomic E-state index is 5.28. The van der Waals surface area contributed by atoms with E-state index in [-0.39, 0.29) is 0 Å². The van der Waals surface area contributed by atoms with Gasteiger partial charge in [-0.15, -0.1) is 0 Å². The summed E-state index contributed by atoms with van der Waals surface area (Å²) in [6, 6.07) is 0. The standard InChI is InChI=1S/C19H38N8S2/c1-5-26(6-2)14-10-20-18(28)24-22-16(3)17(4)23-25-19(29)21-11-15-27-12-8-7-9-13-27/h5-15H2,1-4H3,(H2,20,24,28)(H2,21,25,29)/b22-16+,23-17+. The monoisotopic (exact) mass is 442 g/mol. The molecule has 0 aliphatic carbocycles. The van der Waals surface area contributed by atoms with Crippen LogP contribution in [0.15, 0.2) is 10.2 Å². The van der Waals surface area contributed by atoms with E-state index in [0.29, 0.717) is 10.2 Å². The third-order valence-electron chi connectivity index (χ3n) is 4.94. The third kappa shape index (κ3) is 12.0. The fraction of sp³-hybridized carbons (Fsp3) is 0.789. The molecule has 1 saturated heterocycles. The average Bonchev–Trinajstić information content (AvgIpc) is 2.74. The van der Waals surface area contributed by atoms with Crippen molar-refractivity contribution in [2.45, 2.75) is 47.0 Å². The van der Waals surface area contributed by atoms with E-state index in [1.165, 1.54) is 32.4 Å². The summed E-state index contributed by atoms with van der Waals surface area (Å²) in [6.07, 6.45) is 3.95. The molecule has 1 rings (SSSR count). The van der Waals surface area contributed by atoms with Crippen LogP contribution in [0.4, 0.5) is 0 Å². The summed E-state index contributed by atoms with van der Waals surface area (Å²) >= 11 is 10.5. The van der Waals surface area contributed by atoms with Crippen LogP contribution in [0.25, 0.3) is 0 Å². The molecular formula is C19H38N8S2. The first-order valence-corrected chi connectivity index (χ1v) is 11.4. The zero-order valence-corrected chi connectivity index (χ0v) is 20.0. The minimum atomic E-state index is 0.507. The summed E-state index contributed by atoms with van der Waals surface area (Å²) < 4.78 is 0. The molecule has 1 aliphatic rings. The molecule has 0 radical (unpaired) electrons. The van der Waals surface area contributed by atoms with E-state index in [1.807, 2.05) is 13.8 Å². The highest BCUT2D eigenvalue weighted by molar-refractivity contribution is 7.80. The fourth-order valence-electron chi connectivity index (χ4n) is 2.89. The van der Waals surface area contributed by atoms with Crippen molar-refractivity contribution in [2.24, 2.45) is 10.2 Å². The van der Waals surface area contributed by atoms with Gasteiger partial charge in [0.2, 0.25) is 0 Å². The van der Waals surface area contributed by atoms with Crippen LogP contribution in [0.2, 0.25) is 0 Å². The number of hydrogen-bond acceptors (Lipinski definition) is 6. The lowest BCUT2D eigenvalue weighted by Crippen LogP contribution is -2.40. The van der Waals surface area contributed by atoms with Crippen molar-refractivity contribution >= 4 is 46.1 Å². The SMILES string of the molecule is CCN(CC)CCNC(=S)N/N=C(C)/C(C)=N/NC(=S)NCCN1CCCCC1. The molecular weight excluding hydrogens is 404 g/mol. The Morgan fingerprint density at radius 3 is 1.90 bits per heavy atom. The van der Waals surface area contributed by atoms with Crippen molar-refractivity contribution in [1.29, 1.82) is 0 Å². The second kappa shape index (κ2) is 15.5. The van der Waals surface area contributed by atoms with Crippen LogP contribution in [0.1, 0.15) is 47.0 Å². The highest BCUT2D eigenvalue weighted by Crippen LogP contribution is 2.07. The second-order valence-electron chi connectivity index (χ2n) is 7.06. The van der Waals surface area contributed by atoms with Crippen molar-refractivity contribution in [2.75, 3.05) is 52.4 Å². The molecule has 0 spiro atoms. The van der Waals surface area contributed by atoms with E-state index in [1.54, 1.807) is 0 Å². The van der Waals surface area contributed by atoms with Crippen LogP contribution in [0, 0.1) is 0 Å². The number of thiocarbonyl (C=S) groups is 2. The summed E-state index contributed by atoms with van der Waals surface area (Å²) in [7, 11) is 0. The van der Waals surface area contributed by atoms with Crippen LogP contribution >= 0.6 is 24.4 Å². The van der Waals surface area contributed by atoms with E-state index >= 15 is 0 Å². The smallest absolute Gasteiger partial charge is 0.187 e. The minimum absolute atomic E-state index is 0.507. The van der Waals surface area contributed by atoms with Gasteiger partial charge in [-0.3, -0.25) is 10.9 Å². The molecule has 0 unspecified atom stereocenters. The molecule has 10 heteroatoms. The summed E-state index contributed by atoms with van der Waals surface area (Å²) in [5.41, 5.74) is 7.21. The average molecular weight is 443 g/mol. The van der Waals surface area contributed by atoms with E-state index in [9.17, 15) is 0 Å². The number of nitrogens with one attached hydrogen (secondary N) is 4. The number of nitrogens with zero attached hydrogens (tertiary/aromatic N) is 4. The van der Waals surface area contributed by atoms with Gasteiger partial charge in [0, 0.05) is 26.2 Å². The summed E-state index contributed by atoms with van der Waals surface area (Å²) in [6.45, 7) is 16.1. The number of hydrazone groups is 2. The van der Waals surface area contributed by atoms with Crippen molar-refractivity contribution in [3.8, 4) is 0 Å². The third-order valence-corrected chi connectivity index (χ3v) is 5.42. The molecule has 4 N–H and O–H groups in total. The molecule has 0 aromatic rings. The van der Waals surface area contributed by atoms with Crippen LogP contribution in [0.3, 0.4) is 0 Å². The van der Waals surface area contributed by atoms with Gasteiger partial charge in [0.1, 0.15) is 0 Å². The van der Waals surface area contributed by atoms with Crippen LogP contribution in [0.5, 0.6) is 0 Å². The Morgan fingerprint density at radius 1 is 0.862 bits per heavy atom. The molecule has 1 fully saturated rings. The number of piperidine rings is 1. The first-order chi connectivity index (χ1) is 14.0. The number of likely N-dealkylation sites (N-methyl/N-ethyl adjacent to an activating group) is 1. The Kier molecular flexibility index (Phi) is 13.7. The van der Waals surface area contributed by atoms with E-state index in [0.717, 1.165) is 50.7 Å². The Bertz CT molecular complexity index is 554. The maximum atomic E-state index is 5.28. The first kappa shape index (κ1) is 25.7. The van der Waals surface area contributed by atoms with Gasteiger partial charge in [0.15, 0.2) is 10.2 Å². The summed E-state index contributed by atoms with van der Waals surface area (Å²) in [5.74, 6) is 0. The first-order valence-electron chi connectivity index (χ1n) is 10.6. The number of hydrogen-bond donors (Lipinski definition) is 4. The van der Waals surface area contributed by atoms with Crippen molar-refractivity contribution < 1.29 is 0 Å². The highest BCUT2D eigenvalue weighted by Gasteiger charge is 2.09. The van der Waals surface area contributed by atoms with Crippen LogP contribution < -0.4 is 21.5 Å². The maximum Gasteiger partial charge on any atom is 0.187 e. The number of likely N-dealkylation sites (tertiary alicyclic amines) is 1. The van der Waals surface area contributed by atoms with Gasteiger partial charge in [-0.1, -0.05) is 20.3 Å². The minimum Gasteiger partial charge on any atom is -0.360 e. The summed E-state index contributed by atoms with van der Waals surface area (Å²) in [4.78, 5) is 4.80. The molecule has 166 valence electrons. The lowest BCUT2D eigenvalue weighted by molar-refractivity contribution is 0.232. The van der Waals surface area contributed by atoms with Gasteiger partial charge < -0.3 is 20.4 Å². The highest BCUT2D eigenvalue weighted by atomic mass is 32.1. The van der Waals surface area contributed by atoms with Crippen LogP contribution in [-0.2, 0) is 0 Å². The van der Waals surface area contributed by atoms with E-state index < -0.39 is 0 Å². The molecule has 1 heterocycles. The van der Waals surface area contributed by atoms with Crippen molar-refractivity contribution in [3.05, 3.63) is 0 Å². The lowest BCUT2D eigenvalue weighted by atomic mass is 10.1. The molecule has 0 aromatic heterocycles. The zero-order chi connectivity index (χ0) is 21.5. The predicted octanol–water partition coefficient (Wildman–Crippen LogP) is 1.49. The molecule has 0 amide bonds. The summed E-state index contributed by atoms with van der Waals surface area (Å²) in [5, 5.41) is 15.9. The van der Waals surface area contributed by atoms with Gasteiger partial charge in [0.25, 0.3) is 0 Å². The Labute approximate surface area is 186 Å². The molecule has 0 aromatic carbocycles. The molecule has 0 saturated carbocycles.